The summed E-state index contributed by atoms with van der Waals surface area (Å²) in [5.41, 5.74) is 3.27. The Hall–Kier alpha value is -1.37. The predicted molar refractivity (Wildman–Crippen MR) is 109 cm³/mol. The third kappa shape index (κ3) is 5.06. The molecule has 1 fully saturated rings. The number of hydrogen-bond donors (Lipinski definition) is 1. The van der Waals surface area contributed by atoms with E-state index in [1.807, 2.05) is 36.1 Å². The van der Waals surface area contributed by atoms with E-state index in [0.29, 0.717) is 0 Å². The largest absolute Gasteiger partial charge is 0.322 e. The number of urea groups is 1. The Morgan fingerprint density at radius 3 is 2.48 bits per heavy atom. The zero-order chi connectivity index (χ0) is 17.8. The standard InChI is InChI=1S/C19H21Br2N3O/c1-14-3-2-4-16(11-14)22-19(25)24-9-7-23(8-10-24)13-15-5-6-17(20)18(21)12-15/h2-6,11-12H,7-10,13H2,1H3,(H,22,25). The maximum atomic E-state index is 12.4. The molecule has 0 bridgehead atoms. The molecular formula is C19H21Br2N3O. The van der Waals surface area contributed by atoms with Gasteiger partial charge in [0.25, 0.3) is 0 Å². The number of piperazine rings is 1. The molecule has 25 heavy (non-hydrogen) atoms. The quantitative estimate of drug-likeness (QED) is 0.700. The fourth-order valence-corrected chi connectivity index (χ4v) is 3.60. The molecule has 0 aromatic heterocycles. The van der Waals surface area contributed by atoms with Crippen LogP contribution >= 0.6 is 31.9 Å². The second-order valence-electron chi connectivity index (χ2n) is 6.31. The average Bonchev–Trinajstić information content (AvgIpc) is 2.59. The Morgan fingerprint density at radius 1 is 1.04 bits per heavy atom. The SMILES string of the molecule is Cc1cccc(NC(=O)N2CCN(Cc3ccc(Br)c(Br)c3)CC2)c1. The van der Waals surface area contributed by atoms with Crippen LogP contribution in [-0.2, 0) is 6.54 Å². The predicted octanol–water partition coefficient (Wildman–Crippen LogP) is 4.87. The molecule has 132 valence electrons. The van der Waals surface area contributed by atoms with Gasteiger partial charge in [-0.2, -0.15) is 0 Å². The molecule has 1 heterocycles. The summed E-state index contributed by atoms with van der Waals surface area (Å²) in [6.07, 6.45) is 0. The third-order valence-corrected chi connectivity index (χ3v) is 6.20. The first-order valence-electron chi connectivity index (χ1n) is 8.30. The highest BCUT2D eigenvalue weighted by molar-refractivity contribution is 9.13. The minimum absolute atomic E-state index is 0.0170. The smallest absolute Gasteiger partial charge is 0.321 e. The molecule has 2 aromatic rings. The molecular weight excluding hydrogens is 446 g/mol. The first kappa shape index (κ1) is 18.4. The fraction of sp³-hybridized carbons (Fsp3) is 0.316. The monoisotopic (exact) mass is 465 g/mol. The van der Waals surface area contributed by atoms with E-state index in [4.69, 9.17) is 0 Å². The zero-order valence-corrected chi connectivity index (χ0v) is 17.3. The van der Waals surface area contributed by atoms with Gasteiger partial charge < -0.3 is 10.2 Å². The van der Waals surface area contributed by atoms with Crippen molar-refractivity contribution in [2.45, 2.75) is 13.5 Å². The number of amides is 2. The van der Waals surface area contributed by atoms with Crippen LogP contribution < -0.4 is 5.32 Å². The van der Waals surface area contributed by atoms with Gasteiger partial charge in [-0.3, -0.25) is 4.90 Å². The van der Waals surface area contributed by atoms with E-state index in [1.54, 1.807) is 0 Å². The van der Waals surface area contributed by atoms with Crippen molar-refractivity contribution in [3.8, 4) is 0 Å². The van der Waals surface area contributed by atoms with Gasteiger partial charge in [-0.15, -0.1) is 0 Å². The van der Waals surface area contributed by atoms with Crippen LogP contribution in [0.5, 0.6) is 0 Å². The van der Waals surface area contributed by atoms with E-state index >= 15 is 0 Å². The molecule has 1 N–H and O–H groups in total. The summed E-state index contributed by atoms with van der Waals surface area (Å²) in [5.74, 6) is 0. The van der Waals surface area contributed by atoms with Crippen molar-refractivity contribution in [1.29, 1.82) is 0 Å². The normalized spacial score (nSPS) is 15.2. The molecule has 0 radical (unpaired) electrons. The molecule has 2 aromatic carbocycles. The van der Waals surface area contributed by atoms with Crippen molar-refractivity contribution >= 4 is 43.6 Å². The van der Waals surface area contributed by atoms with E-state index in [9.17, 15) is 4.79 Å². The summed E-state index contributed by atoms with van der Waals surface area (Å²) in [6.45, 7) is 6.18. The maximum absolute atomic E-state index is 12.4. The first-order valence-corrected chi connectivity index (χ1v) is 9.89. The fourth-order valence-electron chi connectivity index (χ4n) is 2.93. The Morgan fingerprint density at radius 2 is 1.80 bits per heavy atom. The number of nitrogens with one attached hydrogen (secondary N) is 1. The summed E-state index contributed by atoms with van der Waals surface area (Å²) < 4.78 is 2.13. The summed E-state index contributed by atoms with van der Waals surface area (Å²) in [7, 11) is 0. The molecule has 3 rings (SSSR count). The second kappa shape index (κ2) is 8.34. The lowest BCUT2D eigenvalue weighted by Crippen LogP contribution is -2.49. The topological polar surface area (TPSA) is 35.6 Å². The lowest BCUT2D eigenvalue weighted by molar-refractivity contribution is 0.143. The van der Waals surface area contributed by atoms with E-state index in [0.717, 1.165) is 52.9 Å². The highest BCUT2D eigenvalue weighted by Gasteiger charge is 2.21. The van der Waals surface area contributed by atoms with Crippen molar-refractivity contribution in [2.24, 2.45) is 0 Å². The molecule has 1 saturated heterocycles. The van der Waals surface area contributed by atoms with Gasteiger partial charge in [0.05, 0.1) is 0 Å². The molecule has 0 atom stereocenters. The lowest BCUT2D eigenvalue weighted by atomic mass is 10.2. The Labute approximate surface area is 165 Å². The lowest BCUT2D eigenvalue weighted by Gasteiger charge is -2.34. The third-order valence-electron chi connectivity index (χ3n) is 4.32. The molecule has 6 heteroatoms. The van der Waals surface area contributed by atoms with Crippen molar-refractivity contribution in [3.63, 3.8) is 0 Å². The minimum Gasteiger partial charge on any atom is -0.322 e. The average molecular weight is 467 g/mol. The summed E-state index contributed by atoms with van der Waals surface area (Å²) in [5, 5.41) is 2.99. The van der Waals surface area contributed by atoms with Crippen molar-refractivity contribution < 1.29 is 4.79 Å². The molecule has 2 amide bonds. The van der Waals surface area contributed by atoms with Crippen molar-refractivity contribution in [1.82, 2.24) is 9.80 Å². The molecule has 1 aliphatic rings. The Balaban J connectivity index is 1.51. The van der Waals surface area contributed by atoms with Crippen LogP contribution in [0, 0.1) is 6.92 Å². The van der Waals surface area contributed by atoms with Gasteiger partial charge in [0.15, 0.2) is 0 Å². The Kier molecular flexibility index (Phi) is 6.15. The number of rotatable bonds is 3. The van der Waals surface area contributed by atoms with Gasteiger partial charge in [-0.05, 0) is 74.2 Å². The van der Waals surface area contributed by atoms with Gasteiger partial charge >= 0.3 is 6.03 Å². The summed E-state index contributed by atoms with van der Waals surface area (Å²) >= 11 is 7.05. The number of carbonyl (C=O) groups is 1. The first-order chi connectivity index (χ1) is 12.0. The van der Waals surface area contributed by atoms with Crippen LogP contribution in [0.3, 0.4) is 0 Å². The summed E-state index contributed by atoms with van der Waals surface area (Å²) in [6, 6.07) is 14.2. The molecule has 1 aliphatic heterocycles. The van der Waals surface area contributed by atoms with Gasteiger partial charge in [-0.25, -0.2) is 4.79 Å². The van der Waals surface area contributed by atoms with E-state index in [1.165, 1.54) is 5.56 Å². The number of nitrogens with zero attached hydrogens (tertiary/aromatic N) is 2. The number of anilines is 1. The number of hydrogen-bond acceptors (Lipinski definition) is 2. The van der Waals surface area contributed by atoms with Crippen LogP contribution in [-0.4, -0.2) is 42.0 Å². The van der Waals surface area contributed by atoms with E-state index in [-0.39, 0.29) is 6.03 Å². The van der Waals surface area contributed by atoms with Crippen LogP contribution in [0.1, 0.15) is 11.1 Å². The highest BCUT2D eigenvalue weighted by Crippen LogP contribution is 2.24. The molecule has 0 saturated carbocycles. The van der Waals surface area contributed by atoms with Crippen LogP contribution in [0.15, 0.2) is 51.4 Å². The van der Waals surface area contributed by atoms with Crippen molar-refractivity contribution in [3.05, 3.63) is 62.5 Å². The van der Waals surface area contributed by atoms with Crippen LogP contribution in [0.25, 0.3) is 0 Å². The van der Waals surface area contributed by atoms with E-state index in [2.05, 4.69) is 60.3 Å². The van der Waals surface area contributed by atoms with Crippen LogP contribution in [0.2, 0.25) is 0 Å². The number of carbonyl (C=O) groups excluding carboxylic acids is 1. The molecule has 0 unspecified atom stereocenters. The van der Waals surface area contributed by atoms with Crippen molar-refractivity contribution in [2.75, 3.05) is 31.5 Å². The second-order valence-corrected chi connectivity index (χ2v) is 8.02. The number of halogens is 2. The minimum atomic E-state index is -0.0170. The van der Waals surface area contributed by atoms with Gasteiger partial charge in [0.1, 0.15) is 0 Å². The highest BCUT2D eigenvalue weighted by atomic mass is 79.9. The molecule has 4 nitrogen and oxygen atoms in total. The van der Waals surface area contributed by atoms with Crippen LogP contribution in [0.4, 0.5) is 10.5 Å². The Bertz CT molecular complexity index is 758. The van der Waals surface area contributed by atoms with Gasteiger partial charge in [-0.1, -0.05) is 18.2 Å². The van der Waals surface area contributed by atoms with Gasteiger partial charge in [0.2, 0.25) is 0 Å². The summed E-state index contributed by atoms with van der Waals surface area (Å²) in [4.78, 5) is 16.7. The molecule has 0 spiro atoms. The van der Waals surface area contributed by atoms with Gasteiger partial charge in [0, 0.05) is 47.4 Å². The number of aryl methyl sites for hydroxylation is 1. The zero-order valence-electron chi connectivity index (χ0n) is 14.1. The molecule has 0 aliphatic carbocycles. The van der Waals surface area contributed by atoms with E-state index < -0.39 is 0 Å². The number of benzene rings is 2. The maximum Gasteiger partial charge on any atom is 0.321 e.